The number of aromatic nitrogens is 1. The van der Waals surface area contributed by atoms with Gasteiger partial charge in [0.05, 0.1) is 16.4 Å². The molecule has 0 spiro atoms. The van der Waals surface area contributed by atoms with E-state index in [-0.39, 0.29) is 0 Å². The topological polar surface area (TPSA) is 21.3 Å². The highest BCUT2D eigenvalue weighted by atomic mass is 16.3. The van der Waals surface area contributed by atoms with Crippen molar-refractivity contribution in [3.05, 3.63) is 265 Å². The van der Waals surface area contributed by atoms with Crippen LogP contribution in [0.5, 0.6) is 0 Å². The van der Waals surface area contributed by atoms with Crippen LogP contribution in [0, 0.1) is 0 Å². The lowest BCUT2D eigenvalue weighted by Gasteiger charge is -2.35. The Kier molecular flexibility index (Phi) is 9.10. The zero-order chi connectivity index (χ0) is 43.5. The lowest BCUT2D eigenvalue weighted by molar-refractivity contribution is 0.669. The molecule has 0 bridgehead atoms. The molecule has 0 saturated carbocycles. The van der Waals surface area contributed by atoms with Gasteiger partial charge in [-0.1, -0.05) is 164 Å². The molecule has 12 rings (SSSR count). The van der Waals surface area contributed by atoms with E-state index < -0.39 is 5.41 Å². The maximum Gasteiger partial charge on any atom is 0.137 e. The number of nitrogens with zero attached hydrogens (tertiary/aromatic N) is 2. The van der Waals surface area contributed by atoms with Crippen LogP contribution in [0.3, 0.4) is 0 Å². The molecule has 65 heavy (non-hydrogen) atoms. The number of allylic oxidation sites excluding steroid dienone is 5. The summed E-state index contributed by atoms with van der Waals surface area (Å²) in [6.07, 6.45) is 8.40. The zero-order valence-electron chi connectivity index (χ0n) is 36.0. The summed E-state index contributed by atoms with van der Waals surface area (Å²) in [4.78, 5) is 2.38. The van der Waals surface area contributed by atoms with E-state index in [1.54, 1.807) is 0 Å². The molecule has 1 unspecified atom stereocenters. The smallest absolute Gasteiger partial charge is 0.137 e. The minimum atomic E-state index is -0.571. The van der Waals surface area contributed by atoms with Gasteiger partial charge in [0.25, 0.3) is 0 Å². The molecule has 0 fully saturated rings. The van der Waals surface area contributed by atoms with E-state index in [4.69, 9.17) is 4.42 Å². The summed E-state index contributed by atoms with van der Waals surface area (Å²) in [5, 5.41) is 4.69. The van der Waals surface area contributed by atoms with Gasteiger partial charge in [-0.15, -0.1) is 0 Å². The fourth-order valence-electron chi connectivity index (χ4n) is 10.6. The Morgan fingerprint density at radius 2 is 1.14 bits per heavy atom. The summed E-state index contributed by atoms with van der Waals surface area (Å²) < 4.78 is 8.89. The van der Waals surface area contributed by atoms with E-state index in [2.05, 4.69) is 241 Å². The van der Waals surface area contributed by atoms with Crippen LogP contribution in [0.15, 0.2) is 253 Å². The molecule has 3 nitrogen and oxygen atoms in total. The molecule has 1 atom stereocenters. The average molecular weight is 833 g/mol. The molecule has 1 aliphatic rings. The minimum absolute atomic E-state index is 0.571. The zero-order valence-corrected chi connectivity index (χ0v) is 36.0. The van der Waals surface area contributed by atoms with Crippen LogP contribution in [-0.2, 0) is 5.41 Å². The number of hydrogen-bond acceptors (Lipinski definition) is 2. The van der Waals surface area contributed by atoms with Gasteiger partial charge in [0.1, 0.15) is 11.2 Å². The van der Waals surface area contributed by atoms with Gasteiger partial charge >= 0.3 is 0 Å². The van der Waals surface area contributed by atoms with E-state index >= 15 is 0 Å². The summed E-state index contributed by atoms with van der Waals surface area (Å²) in [5.74, 6) is 0. The monoisotopic (exact) mass is 832 g/mol. The second-order valence-electron chi connectivity index (χ2n) is 16.8. The molecule has 1 aliphatic carbocycles. The highest BCUT2D eigenvalue weighted by molar-refractivity contribution is 6.10. The van der Waals surface area contributed by atoms with Gasteiger partial charge < -0.3 is 13.9 Å². The third-order valence-corrected chi connectivity index (χ3v) is 13.4. The Hall–Kier alpha value is -8.40. The molecule has 0 radical (unpaired) electrons. The van der Waals surface area contributed by atoms with E-state index in [1.807, 2.05) is 18.2 Å². The average Bonchev–Trinajstić information content (AvgIpc) is 4.01. The first-order valence-corrected chi connectivity index (χ1v) is 22.3. The summed E-state index contributed by atoms with van der Waals surface area (Å²) in [6.45, 7) is 6.20. The molecule has 9 aromatic carbocycles. The van der Waals surface area contributed by atoms with Crippen molar-refractivity contribution in [2.45, 2.75) is 12.3 Å². The van der Waals surface area contributed by atoms with Crippen molar-refractivity contribution >= 4 is 60.8 Å². The highest BCUT2D eigenvalue weighted by Crippen LogP contribution is 2.58. The van der Waals surface area contributed by atoms with Gasteiger partial charge in [-0.3, -0.25) is 0 Å². The SMILES string of the molecule is C=C/C=C\C(=C/C)C1(c2ccccc2)c2ccccc2-c2ccc(N(c3ccc(-c4ccc5c(c4)c4ccccc4n5-c4ccccc4)cc3)c3ccc4c(c3)oc3ccccc34)cc21. The Bertz CT molecular complexity index is 3680. The highest BCUT2D eigenvalue weighted by Gasteiger charge is 2.46. The van der Waals surface area contributed by atoms with Crippen LogP contribution < -0.4 is 4.90 Å². The fourth-order valence-corrected chi connectivity index (χ4v) is 10.6. The molecule has 0 saturated heterocycles. The van der Waals surface area contributed by atoms with E-state index in [9.17, 15) is 0 Å². The van der Waals surface area contributed by atoms with E-state index in [0.29, 0.717) is 0 Å². The molecule has 3 heteroatoms. The van der Waals surface area contributed by atoms with Gasteiger partial charge in [-0.2, -0.15) is 0 Å². The van der Waals surface area contributed by atoms with Crippen molar-refractivity contribution in [3.63, 3.8) is 0 Å². The molecule has 0 aliphatic heterocycles. The quantitative estimate of drug-likeness (QED) is 0.135. The van der Waals surface area contributed by atoms with Crippen molar-refractivity contribution in [1.82, 2.24) is 4.57 Å². The maximum atomic E-state index is 6.53. The largest absolute Gasteiger partial charge is 0.456 e. The van der Waals surface area contributed by atoms with Gasteiger partial charge in [0.2, 0.25) is 0 Å². The van der Waals surface area contributed by atoms with E-state index in [0.717, 1.165) is 50.3 Å². The Labute approximate surface area is 378 Å². The molecule has 11 aromatic rings. The summed E-state index contributed by atoms with van der Waals surface area (Å²) in [6, 6.07) is 77.0. The Balaban J connectivity index is 1.04. The van der Waals surface area contributed by atoms with Crippen LogP contribution in [0.2, 0.25) is 0 Å². The first kappa shape index (κ1) is 38.3. The van der Waals surface area contributed by atoms with Crippen LogP contribution in [0.1, 0.15) is 23.6 Å². The van der Waals surface area contributed by atoms with E-state index in [1.165, 1.54) is 60.8 Å². The van der Waals surface area contributed by atoms with Gasteiger partial charge in [-0.25, -0.2) is 0 Å². The van der Waals surface area contributed by atoms with Crippen molar-refractivity contribution < 1.29 is 4.42 Å². The second kappa shape index (κ2) is 15.4. The molecule has 2 aromatic heterocycles. The lowest BCUT2D eigenvalue weighted by atomic mass is 9.67. The number of fused-ring (bicyclic) bond motifs is 9. The van der Waals surface area contributed by atoms with Crippen LogP contribution in [0.4, 0.5) is 17.1 Å². The van der Waals surface area contributed by atoms with Gasteiger partial charge in [-0.05, 0) is 124 Å². The Morgan fingerprint density at radius 1 is 0.508 bits per heavy atom. The minimum Gasteiger partial charge on any atom is -0.456 e. The third-order valence-electron chi connectivity index (χ3n) is 13.4. The maximum absolute atomic E-state index is 6.53. The predicted octanol–water partition coefficient (Wildman–Crippen LogP) is 16.8. The summed E-state index contributed by atoms with van der Waals surface area (Å²) >= 11 is 0. The third kappa shape index (κ3) is 5.97. The Morgan fingerprint density at radius 3 is 1.95 bits per heavy atom. The summed E-state index contributed by atoms with van der Waals surface area (Å²) in [7, 11) is 0. The lowest BCUT2D eigenvalue weighted by Crippen LogP contribution is -2.29. The van der Waals surface area contributed by atoms with Crippen LogP contribution >= 0.6 is 0 Å². The molecule has 308 valence electrons. The number of rotatable bonds is 9. The second-order valence-corrected chi connectivity index (χ2v) is 16.8. The molecule has 0 amide bonds. The van der Waals surface area contributed by atoms with Gasteiger partial charge in [0.15, 0.2) is 0 Å². The summed E-state index contributed by atoms with van der Waals surface area (Å²) in [5.41, 5.74) is 17.5. The number of para-hydroxylation sites is 3. The number of hydrogen-bond donors (Lipinski definition) is 0. The van der Waals surface area contributed by atoms with Crippen molar-refractivity contribution in [1.29, 1.82) is 0 Å². The fraction of sp³-hybridized carbons (Fsp3) is 0.0323. The van der Waals surface area contributed by atoms with Crippen LogP contribution in [0.25, 0.3) is 71.7 Å². The first-order chi connectivity index (χ1) is 32.1. The van der Waals surface area contributed by atoms with Crippen molar-refractivity contribution in [3.8, 4) is 27.9 Å². The standard InChI is InChI=1S/C62H44N2O/c1-3-5-18-44(4-2)62(45-19-8-6-9-20-45)56-26-15-12-23-50(56)51-36-34-48(40-57(51)62)63(49-35-37-54-53-25-14-17-28-60(53)65-61(54)41-49)47-32-29-42(30-33-47)43-31-38-59-55(39-43)52-24-13-16-27-58(52)64(59)46-21-10-7-11-22-46/h3-41H,1H2,2H3/b18-5-,44-4+. The van der Waals surface area contributed by atoms with Gasteiger partial charge in [0, 0.05) is 50.4 Å². The van der Waals surface area contributed by atoms with Crippen molar-refractivity contribution in [2.24, 2.45) is 0 Å². The van der Waals surface area contributed by atoms with Crippen molar-refractivity contribution in [2.75, 3.05) is 4.90 Å². The predicted molar refractivity (Wildman–Crippen MR) is 273 cm³/mol. The van der Waals surface area contributed by atoms with Crippen LogP contribution in [-0.4, -0.2) is 4.57 Å². The molecule has 0 N–H and O–H groups in total. The molecular formula is C62H44N2O. The first-order valence-electron chi connectivity index (χ1n) is 22.3. The molecular weight excluding hydrogens is 789 g/mol. The normalized spacial score (nSPS) is 14.7. The number of furan rings is 1. The molecule has 2 heterocycles. The number of benzene rings is 9. The number of anilines is 3.